The summed E-state index contributed by atoms with van der Waals surface area (Å²) in [6.45, 7) is 1.36. The molecule has 2 heterocycles. The van der Waals surface area contributed by atoms with Gasteiger partial charge in [-0.1, -0.05) is 0 Å². The average Bonchev–Trinajstić information content (AvgIpc) is 2.71. The molecule has 8 nitrogen and oxygen atoms in total. The van der Waals surface area contributed by atoms with Gasteiger partial charge >= 0.3 is 6.18 Å². The molecule has 1 aromatic carbocycles. The number of halogens is 6. The molecular weight excluding hydrogens is 458 g/mol. The Morgan fingerprint density at radius 3 is 2.45 bits per heavy atom. The van der Waals surface area contributed by atoms with Gasteiger partial charge < -0.3 is 21.5 Å². The number of hydrogen-bond donors (Lipinski definition) is 3. The van der Waals surface area contributed by atoms with Gasteiger partial charge in [0.2, 0.25) is 5.60 Å². The number of nitrogen functional groups attached to an aromatic ring is 1. The van der Waals surface area contributed by atoms with E-state index in [-0.39, 0.29) is 11.3 Å². The van der Waals surface area contributed by atoms with Crippen LogP contribution in [0.25, 0.3) is 0 Å². The third-order valence-corrected chi connectivity index (χ3v) is 5.10. The molecule has 0 saturated carbocycles. The Hall–Kier alpha value is -3.42. The number of benzene rings is 1. The second-order valence-corrected chi connectivity index (χ2v) is 7.57. The highest BCUT2D eigenvalue weighted by Crippen LogP contribution is 2.41. The molecule has 2 aromatic rings. The van der Waals surface area contributed by atoms with Gasteiger partial charge in [0.05, 0.1) is 12.8 Å². The first-order valence-corrected chi connectivity index (χ1v) is 9.26. The summed E-state index contributed by atoms with van der Waals surface area (Å²) in [5.41, 5.74) is 5.18. The summed E-state index contributed by atoms with van der Waals surface area (Å²) in [5, 5.41) is 2.35. The van der Waals surface area contributed by atoms with Gasteiger partial charge in [0.1, 0.15) is 22.9 Å². The summed E-state index contributed by atoms with van der Waals surface area (Å²) in [7, 11) is 0. The molecule has 178 valence electrons. The highest BCUT2D eigenvalue weighted by molar-refractivity contribution is 6.05. The number of rotatable bonds is 4. The Labute approximate surface area is 183 Å². The van der Waals surface area contributed by atoms with Gasteiger partial charge in [0.25, 0.3) is 12.3 Å². The number of ether oxygens (including phenoxy) is 1. The van der Waals surface area contributed by atoms with Gasteiger partial charge in [0, 0.05) is 11.3 Å². The van der Waals surface area contributed by atoms with E-state index < -0.39 is 65.1 Å². The number of nitrogens with one attached hydrogen (secondary N) is 1. The van der Waals surface area contributed by atoms with E-state index in [0.717, 1.165) is 18.2 Å². The molecule has 0 bridgehead atoms. The van der Waals surface area contributed by atoms with Crippen molar-refractivity contribution in [2.24, 2.45) is 10.7 Å². The van der Waals surface area contributed by atoms with Crippen molar-refractivity contribution in [1.29, 1.82) is 0 Å². The van der Waals surface area contributed by atoms with E-state index in [0.29, 0.717) is 13.1 Å². The Kier molecular flexibility index (Phi) is 6.00. The molecule has 0 spiro atoms. The predicted octanol–water partition coefficient (Wildman–Crippen LogP) is 3.31. The van der Waals surface area contributed by atoms with E-state index in [4.69, 9.17) is 16.2 Å². The molecule has 33 heavy (non-hydrogen) atoms. The number of amidine groups is 1. The lowest BCUT2D eigenvalue weighted by Gasteiger charge is -2.41. The van der Waals surface area contributed by atoms with Crippen molar-refractivity contribution in [3.05, 3.63) is 47.2 Å². The number of carbonyl (C=O) groups excluding carboxylic acids is 1. The molecule has 0 saturated heterocycles. The molecule has 3 rings (SSSR count). The monoisotopic (exact) mass is 476 g/mol. The third-order valence-electron chi connectivity index (χ3n) is 5.10. The maximum atomic E-state index is 14.6. The number of amides is 1. The van der Waals surface area contributed by atoms with Crippen LogP contribution >= 0.6 is 0 Å². The lowest BCUT2D eigenvalue weighted by Crippen LogP contribution is -2.60. The van der Waals surface area contributed by atoms with Crippen LogP contribution in [0, 0.1) is 5.82 Å². The number of alkyl halides is 5. The van der Waals surface area contributed by atoms with Crippen molar-refractivity contribution in [2.45, 2.75) is 37.6 Å². The molecule has 0 fully saturated rings. The van der Waals surface area contributed by atoms with Gasteiger partial charge in [-0.25, -0.2) is 23.1 Å². The topological polar surface area (TPSA) is 129 Å². The molecular formula is C19H18F6N6O2. The van der Waals surface area contributed by atoms with Crippen LogP contribution in [0.2, 0.25) is 0 Å². The first kappa shape index (κ1) is 24.2. The molecule has 0 radical (unpaired) electrons. The van der Waals surface area contributed by atoms with Gasteiger partial charge in [-0.15, -0.1) is 0 Å². The first-order chi connectivity index (χ1) is 15.2. The molecule has 1 aliphatic rings. The van der Waals surface area contributed by atoms with Gasteiger partial charge in [-0.3, -0.25) is 9.79 Å². The quantitative estimate of drug-likeness (QED) is 0.581. The number of anilines is 2. The Morgan fingerprint density at radius 2 is 1.91 bits per heavy atom. The van der Waals surface area contributed by atoms with E-state index in [1.807, 2.05) is 0 Å². The lowest BCUT2D eigenvalue weighted by molar-refractivity contribution is -0.249. The number of hydrogen-bond acceptors (Lipinski definition) is 7. The molecule has 14 heteroatoms. The van der Waals surface area contributed by atoms with Crippen molar-refractivity contribution in [2.75, 3.05) is 17.7 Å². The highest BCUT2D eigenvalue weighted by atomic mass is 19.4. The molecule has 1 amide bonds. The normalized spacial score (nSPS) is 23.4. The summed E-state index contributed by atoms with van der Waals surface area (Å²) in [5.74, 6) is -3.22. The molecule has 1 aromatic heterocycles. The standard InChI is InChI=1S/C19H18F6N6O2/c1-17(7-33-18(2,16(27)31-17)19(23,24)25)9-5-8(3-4-10(9)20)29-15(32)12-14(26)30-11(6-28-12)13(21)22/h3-6,13H,7H2,1-2H3,(H2,26,30)(H2,27,31)(H,29,32)/t17-,18+/m0/s1. The summed E-state index contributed by atoms with van der Waals surface area (Å²) in [6, 6.07) is 3.24. The Bertz CT molecular complexity index is 1120. The number of nitrogens with zero attached hydrogens (tertiary/aromatic N) is 3. The average molecular weight is 476 g/mol. The molecule has 2 atom stereocenters. The van der Waals surface area contributed by atoms with Crippen LogP contribution in [0.1, 0.15) is 42.0 Å². The Balaban J connectivity index is 1.91. The van der Waals surface area contributed by atoms with Crippen LogP contribution in [0.15, 0.2) is 29.4 Å². The van der Waals surface area contributed by atoms with E-state index >= 15 is 0 Å². The van der Waals surface area contributed by atoms with Crippen molar-refractivity contribution in [1.82, 2.24) is 9.97 Å². The smallest absolute Gasteiger partial charge is 0.385 e. The van der Waals surface area contributed by atoms with E-state index in [2.05, 4.69) is 20.3 Å². The van der Waals surface area contributed by atoms with Crippen molar-refractivity contribution in [3.8, 4) is 0 Å². The lowest BCUT2D eigenvalue weighted by atomic mass is 9.89. The van der Waals surface area contributed by atoms with Crippen molar-refractivity contribution in [3.63, 3.8) is 0 Å². The zero-order valence-electron chi connectivity index (χ0n) is 17.2. The molecule has 1 aliphatic heterocycles. The zero-order chi connectivity index (χ0) is 24.8. The third kappa shape index (κ3) is 4.42. The van der Waals surface area contributed by atoms with Crippen LogP contribution in [0.3, 0.4) is 0 Å². The van der Waals surface area contributed by atoms with Crippen LogP contribution in [0.4, 0.5) is 37.8 Å². The number of carbonyl (C=O) groups is 1. The minimum Gasteiger partial charge on any atom is -0.385 e. The Morgan fingerprint density at radius 1 is 1.24 bits per heavy atom. The van der Waals surface area contributed by atoms with E-state index in [1.54, 1.807) is 0 Å². The second kappa shape index (κ2) is 8.17. The van der Waals surface area contributed by atoms with Crippen molar-refractivity contribution >= 4 is 23.2 Å². The van der Waals surface area contributed by atoms with Gasteiger partial charge in [0.15, 0.2) is 11.5 Å². The van der Waals surface area contributed by atoms with Gasteiger partial charge in [-0.05, 0) is 32.0 Å². The molecule has 0 aliphatic carbocycles. The summed E-state index contributed by atoms with van der Waals surface area (Å²) in [6.07, 6.45) is -7.11. The predicted molar refractivity (Wildman–Crippen MR) is 105 cm³/mol. The minimum atomic E-state index is -4.85. The second-order valence-electron chi connectivity index (χ2n) is 7.57. The fraction of sp³-hybridized carbons (Fsp3) is 0.368. The summed E-state index contributed by atoms with van der Waals surface area (Å²) in [4.78, 5) is 23.3. The summed E-state index contributed by atoms with van der Waals surface area (Å²) < 4.78 is 84.8. The van der Waals surface area contributed by atoms with Gasteiger partial charge in [-0.2, -0.15) is 13.2 Å². The number of nitrogens with two attached hydrogens (primary N) is 2. The van der Waals surface area contributed by atoms with Crippen LogP contribution in [0.5, 0.6) is 0 Å². The largest absolute Gasteiger partial charge is 0.424 e. The zero-order valence-corrected chi connectivity index (χ0v) is 17.2. The maximum Gasteiger partial charge on any atom is 0.424 e. The van der Waals surface area contributed by atoms with E-state index in [9.17, 15) is 31.1 Å². The maximum absolute atomic E-state index is 14.6. The fourth-order valence-electron chi connectivity index (χ4n) is 3.03. The number of aromatic nitrogens is 2. The SMILES string of the molecule is C[C@@]1(c2cc(NC(=O)c3ncc(C(F)F)nc3N)ccc2F)CO[C@@](C)(C(F)(F)F)C(N)=N1. The van der Waals surface area contributed by atoms with Crippen molar-refractivity contribution < 1.29 is 35.9 Å². The molecule has 0 unspecified atom stereocenters. The van der Waals surface area contributed by atoms with Crippen LogP contribution in [-0.2, 0) is 10.3 Å². The van der Waals surface area contributed by atoms with E-state index in [1.165, 1.54) is 6.92 Å². The highest BCUT2D eigenvalue weighted by Gasteiger charge is 2.59. The molecule has 5 N–H and O–H groups in total. The minimum absolute atomic E-state index is 0.00492. The fourth-order valence-corrected chi connectivity index (χ4v) is 3.03. The van der Waals surface area contributed by atoms with Crippen LogP contribution < -0.4 is 16.8 Å². The summed E-state index contributed by atoms with van der Waals surface area (Å²) >= 11 is 0. The van der Waals surface area contributed by atoms with Crippen LogP contribution in [-0.4, -0.2) is 40.1 Å². The number of aliphatic imine (C=N–C) groups is 1. The first-order valence-electron chi connectivity index (χ1n) is 9.26.